The second kappa shape index (κ2) is 20.6. The van der Waals surface area contributed by atoms with Gasteiger partial charge in [0.05, 0.1) is 0 Å². The number of primary amides is 2. The van der Waals surface area contributed by atoms with Crippen molar-refractivity contribution >= 4 is 29.7 Å². The molecular weight excluding hydrogens is 406 g/mol. The highest BCUT2D eigenvalue weighted by Gasteiger charge is 2.20. The smallest absolute Gasteiger partial charge is 0.326 e. The second-order valence-electron chi connectivity index (χ2n) is 7.67. The van der Waals surface area contributed by atoms with Crippen LogP contribution in [0.1, 0.15) is 86.0 Å². The molecule has 0 spiro atoms. The summed E-state index contributed by atoms with van der Waals surface area (Å²) in [5.41, 5.74) is 9.59. The number of unbranched alkanes of at least 4 members (excludes halogenated alkanes) is 4. The molecule has 10 nitrogen and oxygen atoms in total. The Morgan fingerprint density at radius 1 is 0.774 bits per heavy atom. The summed E-state index contributed by atoms with van der Waals surface area (Å²) in [6.45, 7) is 9.17. The summed E-state index contributed by atoms with van der Waals surface area (Å²) in [6.07, 6.45) is 4.96. The lowest BCUT2D eigenvalue weighted by atomic mass is 10.1. The second-order valence-corrected chi connectivity index (χ2v) is 7.67. The maximum atomic E-state index is 11.5. The van der Waals surface area contributed by atoms with Gasteiger partial charge in [0.25, 0.3) is 0 Å². The average molecular weight is 448 g/mol. The number of aliphatic carboxylic acids is 2. The minimum absolute atomic E-state index is 0.00926. The van der Waals surface area contributed by atoms with Gasteiger partial charge in [0.1, 0.15) is 6.04 Å². The predicted molar refractivity (Wildman–Crippen MR) is 118 cm³/mol. The lowest BCUT2D eigenvalue weighted by Gasteiger charge is -2.13. The van der Waals surface area contributed by atoms with Crippen LogP contribution in [0, 0.1) is 11.8 Å². The van der Waals surface area contributed by atoms with E-state index in [1.165, 1.54) is 0 Å². The number of hydrogen-bond donors (Lipinski definition) is 5. The molecule has 0 radical (unpaired) electrons. The van der Waals surface area contributed by atoms with Crippen LogP contribution in [-0.2, 0) is 24.0 Å². The van der Waals surface area contributed by atoms with Crippen LogP contribution in [0.2, 0.25) is 0 Å². The first-order valence-electron chi connectivity index (χ1n) is 10.6. The van der Waals surface area contributed by atoms with Gasteiger partial charge in [-0.1, -0.05) is 60.3 Å². The predicted octanol–water partition coefficient (Wildman–Crippen LogP) is 2.04. The summed E-state index contributed by atoms with van der Waals surface area (Å²) in [5, 5.41) is 19.7. The van der Waals surface area contributed by atoms with E-state index < -0.39 is 18.0 Å². The molecule has 182 valence electrons. The lowest BCUT2D eigenvalue weighted by molar-refractivity contribution is -0.143. The fourth-order valence-electron chi connectivity index (χ4n) is 1.68. The van der Waals surface area contributed by atoms with Crippen molar-refractivity contribution in [2.24, 2.45) is 23.3 Å². The van der Waals surface area contributed by atoms with E-state index in [-0.39, 0.29) is 42.4 Å². The van der Waals surface area contributed by atoms with Crippen LogP contribution < -0.4 is 16.8 Å². The first-order valence-corrected chi connectivity index (χ1v) is 10.6. The van der Waals surface area contributed by atoms with Crippen LogP contribution >= 0.6 is 0 Å². The summed E-state index contributed by atoms with van der Waals surface area (Å²) in [6, 6.07) is -1.11. The molecule has 0 heterocycles. The number of nitrogens with two attached hydrogens (primary N) is 2. The monoisotopic (exact) mass is 447 g/mol. The van der Waals surface area contributed by atoms with Crippen molar-refractivity contribution in [2.45, 2.75) is 92.0 Å². The van der Waals surface area contributed by atoms with E-state index in [1.54, 1.807) is 27.7 Å². The van der Waals surface area contributed by atoms with E-state index in [9.17, 15) is 24.0 Å². The molecule has 0 aliphatic carbocycles. The Hall–Kier alpha value is -2.65. The number of hydrogen-bond acceptors (Lipinski definition) is 5. The van der Waals surface area contributed by atoms with Gasteiger partial charge < -0.3 is 27.0 Å². The van der Waals surface area contributed by atoms with Gasteiger partial charge in [0, 0.05) is 24.7 Å². The zero-order chi connectivity index (χ0) is 25.0. The Morgan fingerprint density at radius 3 is 1.52 bits per heavy atom. The van der Waals surface area contributed by atoms with Crippen molar-refractivity contribution in [3.63, 3.8) is 0 Å². The minimum Gasteiger partial charge on any atom is -0.481 e. The fraction of sp³-hybridized carbons (Fsp3) is 0.762. The standard InChI is InChI=1S/C13H23NO5.2C4H9NO/c1-2-3-4-5-6-7-11(15)14-10(13(18)19)8-9-12(16)17;2*1-3(2)4(5)6/h10H,2-9H2,1H3,(H,14,15)(H,16,17)(H,18,19);2*3H,1-2H3,(H2,5,6)/t10-;;/m0../s1. The lowest BCUT2D eigenvalue weighted by Crippen LogP contribution is -2.41. The normalized spacial score (nSPS) is 10.8. The van der Waals surface area contributed by atoms with E-state index in [0.29, 0.717) is 6.42 Å². The van der Waals surface area contributed by atoms with E-state index in [1.807, 2.05) is 0 Å². The van der Waals surface area contributed by atoms with Gasteiger partial charge in [-0.3, -0.25) is 19.2 Å². The Labute approximate surface area is 185 Å². The van der Waals surface area contributed by atoms with Gasteiger partial charge in [-0.2, -0.15) is 0 Å². The van der Waals surface area contributed by atoms with E-state index in [0.717, 1.165) is 32.1 Å². The molecule has 7 N–H and O–H groups in total. The maximum Gasteiger partial charge on any atom is 0.326 e. The van der Waals surface area contributed by atoms with Gasteiger partial charge in [0.2, 0.25) is 17.7 Å². The fourth-order valence-corrected chi connectivity index (χ4v) is 1.68. The maximum absolute atomic E-state index is 11.5. The molecule has 0 bridgehead atoms. The number of amides is 3. The summed E-state index contributed by atoms with van der Waals surface area (Å²) >= 11 is 0. The quantitative estimate of drug-likeness (QED) is 0.267. The number of carbonyl (C=O) groups excluding carboxylic acids is 3. The molecule has 10 heteroatoms. The molecule has 0 fully saturated rings. The highest BCUT2D eigenvalue weighted by atomic mass is 16.4. The van der Waals surface area contributed by atoms with Gasteiger partial charge in [-0.25, -0.2) is 4.79 Å². The molecule has 0 aromatic rings. The molecule has 31 heavy (non-hydrogen) atoms. The molecule has 0 aromatic heterocycles. The van der Waals surface area contributed by atoms with Crippen LogP contribution in [0.5, 0.6) is 0 Å². The highest BCUT2D eigenvalue weighted by molar-refractivity contribution is 5.83. The molecule has 0 aromatic carbocycles. The minimum atomic E-state index is -1.19. The first kappa shape index (κ1) is 33.0. The van der Waals surface area contributed by atoms with Crippen LogP contribution in [0.25, 0.3) is 0 Å². The highest BCUT2D eigenvalue weighted by Crippen LogP contribution is 2.06. The molecule has 0 rings (SSSR count). The van der Waals surface area contributed by atoms with Crippen molar-refractivity contribution < 1.29 is 34.2 Å². The third-order valence-electron chi connectivity index (χ3n) is 3.93. The molecule has 1 atom stereocenters. The topological polar surface area (TPSA) is 190 Å². The molecule has 3 amide bonds. The molecular formula is C21H41N3O7. The Morgan fingerprint density at radius 2 is 1.19 bits per heavy atom. The van der Waals surface area contributed by atoms with Gasteiger partial charge in [-0.05, 0) is 12.8 Å². The summed E-state index contributed by atoms with van der Waals surface area (Å²) in [7, 11) is 0. The number of carboxylic acids is 2. The third kappa shape index (κ3) is 27.4. The zero-order valence-corrected chi connectivity index (χ0v) is 19.5. The molecule has 0 aliphatic heterocycles. The summed E-state index contributed by atoms with van der Waals surface area (Å²) in [4.78, 5) is 52.6. The molecule has 0 saturated carbocycles. The SMILES string of the molecule is CC(C)C(N)=O.CC(C)C(N)=O.CCCCCCCC(=O)N[C@@H](CCC(=O)O)C(=O)O. The van der Waals surface area contributed by atoms with Gasteiger partial charge in [-0.15, -0.1) is 0 Å². The van der Waals surface area contributed by atoms with Crippen LogP contribution in [0.3, 0.4) is 0 Å². The molecule has 0 saturated heterocycles. The van der Waals surface area contributed by atoms with Crippen LogP contribution in [0.15, 0.2) is 0 Å². The van der Waals surface area contributed by atoms with Crippen molar-refractivity contribution in [3.05, 3.63) is 0 Å². The van der Waals surface area contributed by atoms with Crippen molar-refractivity contribution in [1.29, 1.82) is 0 Å². The Balaban J connectivity index is -0.000000532. The Bertz CT molecular complexity index is 531. The van der Waals surface area contributed by atoms with Crippen molar-refractivity contribution in [3.8, 4) is 0 Å². The first-order chi connectivity index (χ1) is 14.3. The van der Waals surface area contributed by atoms with Crippen LogP contribution in [-0.4, -0.2) is 45.9 Å². The average Bonchev–Trinajstić information content (AvgIpc) is 2.65. The van der Waals surface area contributed by atoms with Crippen LogP contribution in [0.4, 0.5) is 0 Å². The summed E-state index contributed by atoms with van der Waals surface area (Å²) in [5.74, 6) is -3.09. The third-order valence-corrected chi connectivity index (χ3v) is 3.93. The van der Waals surface area contributed by atoms with Gasteiger partial charge >= 0.3 is 11.9 Å². The van der Waals surface area contributed by atoms with E-state index >= 15 is 0 Å². The number of nitrogens with one attached hydrogen (secondary N) is 1. The van der Waals surface area contributed by atoms with Gasteiger partial charge in [0.15, 0.2) is 0 Å². The zero-order valence-electron chi connectivity index (χ0n) is 19.5. The summed E-state index contributed by atoms with van der Waals surface area (Å²) < 4.78 is 0. The molecule has 0 unspecified atom stereocenters. The largest absolute Gasteiger partial charge is 0.481 e. The van der Waals surface area contributed by atoms with E-state index in [4.69, 9.17) is 21.7 Å². The molecule has 0 aliphatic rings. The van der Waals surface area contributed by atoms with E-state index in [2.05, 4.69) is 12.2 Å². The number of carboxylic acid groups (broad SMARTS) is 2. The number of carbonyl (C=O) groups is 5. The number of rotatable bonds is 13. The van der Waals surface area contributed by atoms with Crippen molar-refractivity contribution in [2.75, 3.05) is 0 Å². The van der Waals surface area contributed by atoms with Crippen molar-refractivity contribution in [1.82, 2.24) is 5.32 Å². The Kier molecular flexibility index (Phi) is 21.9.